The van der Waals surface area contributed by atoms with Gasteiger partial charge in [-0.1, -0.05) is 6.07 Å². The summed E-state index contributed by atoms with van der Waals surface area (Å²) < 4.78 is 0. The number of non-ortho nitro benzene ring substituents is 1. The zero-order valence-corrected chi connectivity index (χ0v) is 18.4. The van der Waals surface area contributed by atoms with E-state index in [0.29, 0.717) is 24.1 Å². The average molecular weight is 449 g/mol. The number of nitro groups is 1. The van der Waals surface area contributed by atoms with Crippen LogP contribution in [0.5, 0.6) is 0 Å². The third-order valence-electron chi connectivity index (χ3n) is 7.41. The number of carbonyl (C=O) groups is 3. The highest BCUT2D eigenvalue weighted by Gasteiger charge is 2.71. The quantitative estimate of drug-likeness (QED) is 0.393. The average Bonchev–Trinajstić information content (AvgIpc) is 2.85. The summed E-state index contributed by atoms with van der Waals surface area (Å²) in [5.41, 5.74) is -0.841. The minimum absolute atomic E-state index is 0.0466. The first kappa shape index (κ1) is 21.0. The van der Waals surface area contributed by atoms with E-state index in [2.05, 4.69) is 4.98 Å². The molecule has 0 aliphatic carbocycles. The number of urea groups is 1. The van der Waals surface area contributed by atoms with E-state index in [1.807, 2.05) is 11.0 Å². The van der Waals surface area contributed by atoms with Crippen LogP contribution < -0.4 is 4.90 Å². The highest BCUT2D eigenvalue weighted by atomic mass is 16.6. The molecule has 1 aromatic heterocycles. The summed E-state index contributed by atoms with van der Waals surface area (Å²) in [5.74, 6) is -1.19. The van der Waals surface area contributed by atoms with E-state index >= 15 is 0 Å². The molecule has 0 bridgehead atoms. The number of anilines is 1. The molecule has 5 rings (SSSR count). The first-order valence-corrected chi connectivity index (χ1v) is 10.8. The minimum atomic E-state index is -1.67. The molecule has 33 heavy (non-hydrogen) atoms. The Morgan fingerprint density at radius 3 is 2.42 bits per heavy atom. The molecule has 3 aliphatic heterocycles. The zero-order chi connectivity index (χ0) is 23.5. The normalized spacial score (nSPS) is 24.1. The van der Waals surface area contributed by atoms with E-state index in [-0.39, 0.29) is 12.1 Å². The molecule has 10 heteroatoms. The Morgan fingerprint density at radius 2 is 1.79 bits per heavy atom. The standard InChI is InChI=1S/C23H23N5O5/c1-25-19(29)22(20(30)26(2)21(25)31)13-15-12-17(28(32)33)7-8-18(15)27-11-4-3-9-23(22,27)16-6-5-10-24-14-16/h5-8,10,12,14H,3-4,9,11,13H2,1-2H3/t23-/m1/s1. The number of pyridine rings is 1. The smallest absolute Gasteiger partial charge is 0.332 e. The van der Waals surface area contributed by atoms with Crippen LogP contribution in [0.1, 0.15) is 30.4 Å². The van der Waals surface area contributed by atoms with Crippen LogP contribution in [0.2, 0.25) is 0 Å². The van der Waals surface area contributed by atoms with E-state index in [1.165, 1.54) is 26.2 Å². The van der Waals surface area contributed by atoms with Gasteiger partial charge in [0, 0.05) is 57.3 Å². The molecule has 2 saturated heterocycles. The molecule has 0 unspecified atom stereocenters. The number of imide groups is 2. The van der Waals surface area contributed by atoms with Gasteiger partial charge in [0.15, 0.2) is 5.41 Å². The van der Waals surface area contributed by atoms with Gasteiger partial charge in [0.2, 0.25) is 11.8 Å². The monoisotopic (exact) mass is 449 g/mol. The van der Waals surface area contributed by atoms with Crippen LogP contribution in [-0.2, 0) is 21.5 Å². The number of benzene rings is 1. The number of hydrogen-bond donors (Lipinski definition) is 0. The van der Waals surface area contributed by atoms with Crippen molar-refractivity contribution >= 4 is 29.2 Å². The van der Waals surface area contributed by atoms with Gasteiger partial charge in [-0.2, -0.15) is 0 Å². The lowest BCUT2D eigenvalue weighted by Crippen LogP contribution is -2.76. The number of aromatic nitrogens is 1. The summed E-state index contributed by atoms with van der Waals surface area (Å²) in [7, 11) is 2.75. The SMILES string of the molecule is CN1C(=O)N(C)C(=O)C2(Cc3cc([N+](=O)[O-])ccc3N3CCCC[C@]32c2cccnc2)C1=O. The lowest BCUT2D eigenvalue weighted by Gasteiger charge is -2.62. The summed E-state index contributed by atoms with van der Waals surface area (Å²) in [6, 6.07) is 7.53. The van der Waals surface area contributed by atoms with Gasteiger partial charge in [-0.25, -0.2) is 4.79 Å². The molecule has 0 radical (unpaired) electrons. The molecule has 1 spiro atoms. The van der Waals surface area contributed by atoms with E-state index in [0.717, 1.165) is 28.3 Å². The third kappa shape index (κ3) is 2.54. The van der Waals surface area contributed by atoms with Crippen molar-refractivity contribution in [1.82, 2.24) is 14.8 Å². The Labute approximate surface area is 189 Å². The number of rotatable bonds is 2. The Hall–Kier alpha value is -3.82. The van der Waals surface area contributed by atoms with Crippen LogP contribution >= 0.6 is 0 Å². The van der Waals surface area contributed by atoms with Crippen molar-refractivity contribution in [3.8, 4) is 0 Å². The first-order chi connectivity index (χ1) is 15.8. The van der Waals surface area contributed by atoms with Gasteiger partial charge in [-0.05, 0) is 42.5 Å². The van der Waals surface area contributed by atoms with Crippen molar-refractivity contribution in [2.45, 2.75) is 31.2 Å². The van der Waals surface area contributed by atoms with Gasteiger partial charge in [0.1, 0.15) is 0 Å². The molecular weight excluding hydrogens is 426 g/mol. The highest BCUT2D eigenvalue weighted by molar-refractivity contribution is 6.20. The molecule has 2 aromatic rings. The van der Waals surface area contributed by atoms with Gasteiger partial charge in [0.05, 0.1) is 10.5 Å². The van der Waals surface area contributed by atoms with Crippen molar-refractivity contribution in [3.63, 3.8) is 0 Å². The number of nitro benzene ring substituents is 1. The fourth-order valence-corrected chi connectivity index (χ4v) is 5.99. The van der Waals surface area contributed by atoms with Crippen molar-refractivity contribution in [3.05, 3.63) is 64.0 Å². The maximum absolute atomic E-state index is 14.0. The largest absolute Gasteiger partial charge is 0.360 e. The Bertz CT molecular complexity index is 1170. The van der Waals surface area contributed by atoms with Gasteiger partial charge in [0.25, 0.3) is 5.69 Å². The van der Waals surface area contributed by atoms with Crippen LogP contribution in [0.15, 0.2) is 42.7 Å². The second kappa shape index (κ2) is 7.09. The number of nitrogens with zero attached hydrogens (tertiary/aromatic N) is 5. The molecule has 1 atom stereocenters. The fraction of sp³-hybridized carbons (Fsp3) is 0.391. The molecule has 3 aliphatic rings. The molecule has 0 saturated carbocycles. The summed E-state index contributed by atoms with van der Waals surface area (Å²) in [6.45, 7) is 0.559. The number of barbiturate groups is 1. The predicted molar refractivity (Wildman–Crippen MR) is 117 cm³/mol. The number of amides is 4. The van der Waals surface area contributed by atoms with Crippen LogP contribution in [0.3, 0.4) is 0 Å². The zero-order valence-electron chi connectivity index (χ0n) is 18.4. The van der Waals surface area contributed by atoms with Crippen molar-refractivity contribution in [2.75, 3.05) is 25.5 Å². The topological polar surface area (TPSA) is 117 Å². The van der Waals surface area contributed by atoms with Crippen molar-refractivity contribution < 1.29 is 19.3 Å². The number of fused-ring (bicyclic) bond motifs is 4. The van der Waals surface area contributed by atoms with Crippen LogP contribution in [0.25, 0.3) is 0 Å². The number of carbonyl (C=O) groups excluding carboxylic acids is 3. The number of hydrogen-bond acceptors (Lipinski definition) is 7. The molecule has 10 nitrogen and oxygen atoms in total. The Balaban J connectivity index is 1.87. The molecular formula is C23H23N5O5. The summed E-state index contributed by atoms with van der Waals surface area (Å²) in [5, 5.41) is 11.5. The van der Waals surface area contributed by atoms with E-state index in [9.17, 15) is 24.5 Å². The van der Waals surface area contributed by atoms with Crippen LogP contribution in [0.4, 0.5) is 16.2 Å². The fourth-order valence-electron chi connectivity index (χ4n) is 5.99. The molecule has 2 fully saturated rings. The summed E-state index contributed by atoms with van der Waals surface area (Å²) in [4.78, 5) is 60.0. The molecule has 170 valence electrons. The maximum atomic E-state index is 14.0. The highest BCUT2D eigenvalue weighted by Crippen LogP contribution is 2.60. The first-order valence-electron chi connectivity index (χ1n) is 10.8. The predicted octanol–water partition coefficient (Wildman–Crippen LogP) is 2.47. The lowest BCUT2D eigenvalue weighted by molar-refractivity contribution is -0.384. The van der Waals surface area contributed by atoms with Gasteiger partial charge < -0.3 is 4.90 Å². The van der Waals surface area contributed by atoms with E-state index in [4.69, 9.17) is 0 Å². The van der Waals surface area contributed by atoms with E-state index in [1.54, 1.807) is 24.5 Å². The van der Waals surface area contributed by atoms with Crippen molar-refractivity contribution in [2.24, 2.45) is 5.41 Å². The Morgan fingerprint density at radius 1 is 1.06 bits per heavy atom. The molecule has 4 amide bonds. The summed E-state index contributed by atoms with van der Waals surface area (Å²) >= 11 is 0. The van der Waals surface area contributed by atoms with Gasteiger partial charge in [-0.15, -0.1) is 0 Å². The maximum Gasteiger partial charge on any atom is 0.332 e. The van der Waals surface area contributed by atoms with Crippen LogP contribution in [0, 0.1) is 15.5 Å². The second-order valence-electron chi connectivity index (χ2n) is 8.87. The lowest BCUT2D eigenvalue weighted by atomic mass is 9.55. The van der Waals surface area contributed by atoms with Crippen LogP contribution in [-0.4, -0.2) is 58.2 Å². The Kier molecular flexibility index (Phi) is 4.52. The summed E-state index contributed by atoms with van der Waals surface area (Å²) in [6.07, 6.45) is 5.37. The number of piperidine rings is 1. The van der Waals surface area contributed by atoms with E-state index < -0.39 is 33.7 Å². The minimum Gasteiger partial charge on any atom is -0.360 e. The molecule has 4 heterocycles. The third-order valence-corrected chi connectivity index (χ3v) is 7.41. The molecule has 0 N–H and O–H groups in total. The second-order valence-corrected chi connectivity index (χ2v) is 8.87. The van der Waals surface area contributed by atoms with Gasteiger partial charge >= 0.3 is 6.03 Å². The van der Waals surface area contributed by atoms with Crippen molar-refractivity contribution in [1.29, 1.82) is 0 Å². The molecule has 1 aromatic carbocycles. The van der Waals surface area contributed by atoms with Gasteiger partial charge in [-0.3, -0.25) is 34.5 Å².